The molecule has 1 N–H and O–H groups in total. The zero-order chi connectivity index (χ0) is 21.0. The maximum atomic E-state index is 12.6. The number of nitrogens with zero attached hydrogens (tertiary/aromatic N) is 3. The lowest BCUT2D eigenvalue weighted by molar-refractivity contribution is 0.155. The van der Waals surface area contributed by atoms with Crippen LogP contribution in [-0.4, -0.2) is 38.6 Å². The Morgan fingerprint density at radius 1 is 1.21 bits per heavy atom. The van der Waals surface area contributed by atoms with E-state index >= 15 is 0 Å². The highest BCUT2D eigenvalue weighted by Gasteiger charge is 2.22. The maximum absolute atomic E-state index is 12.6. The van der Waals surface area contributed by atoms with Crippen LogP contribution in [-0.2, 0) is 0 Å². The number of hydrogen-bond acceptors (Lipinski definition) is 4. The van der Waals surface area contributed by atoms with Crippen LogP contribution in [0.15, 0.2) is 48.7 Å². The number of aliphatic hydroxyl groups excluding tert-OH is 1. The second-order valence-electron chi connectivity index (χ2n) is 6.83. The van der Waals surface area contributed by atoms with E-state index in [9.17, 15) is 9.90 Å². The van der Waals surface area contributed by atoms with Crippen molar-refractivity contribution in [3.63, 3.8) is 0 Å². The molecule has 3 aromatic rings. The third-order valence-corrected chi connectivity index (χ3v) is 5.06. The Morgan fingerprint density at radius 3 is 2.55 bits per heavy atom. The number of aliphatic hydroxyl groups is 1. The Labute approximate surface area is 171 Å². The molecule has 29 heavy (non-hydrogen) atoms. The van der Waals surface area contributed by atoms with Crippen LogP contribution in [0.3, 0.4) is 0 Å². The number of aromatic nitrogens is 2. The topological polar surface area (TPSA) is 67.1 Å². The molecule has 6 nitrogen and oxygen atoms in total. The van der Waals surface area contributed by atoms with E-state index in [1.807, 2.05) is 74.7 Å². The molecular weight excluding hydrogens is 366 g/mol. The van der Waals surface area contributed by atoms with Crippen molar-refractivity contribution in [2.75, 3.05) is 13.1 Å². The van der Waals surface area contributed by atoms with Gasteiger partial charge in [-0.1, -0.05) is 42.5 Å². The number of pyridine rings is 1. The Hall–Kier alpha value is -3.12. The van der Waals surface area contributed by atoms with Gasteiger partial charge in [-0.2, -0.15) is 0 Å². The molecule has 0 saturated carbocycles. The average molecular weight is 393 g/mol. The molecule has 0 radical (unpaired) electrons. The number of carbonyl (C=O) groups excluding carboxylic acids is 1. The number of carbonyl (C=O) groups is 1. The van der Waals surface area contributed by atoms with E-state index in [-0.39, 0.29) is 5.75 Å². The van der Waals surface area contributed by atoms with Gasteiger partial charge in [0.1, 0.15) is 6.10 Å². The highest BCUT2D eigenvalue weighted by molar-refractivity contribution is 5.75. The van der Waals surface area contributed by atoms with Crippen LogP contribution in [0, 0.1) is 13.8 Å². The molecular formula is C23H27N3O3. The number of hydrogen-bond donors (Lipinski definition) is 1. The first-order valence-electron chi connectivity index (χ1n) is 9.82. The van der Waals surface area contributed by atoms with E-state index in [1.165, 1.54) is 0 Å². The van der Waals surface area contributed by atoms with E-state index in [2.05, 4.69) is 4.98 Å². The molecule has 1 amide bonds. The molecule has 0 saturated heterocycles. The summed E-state index contributed by atoms with van der Waals surface area (Å²) in [7, 11) is 0. The Bertz CT molecular complexity index is 1020. The van der Waals surface area contributed by atoms with Gasteiger partial charge in [0.2, 0.25) is 0 Å². The van der Waals surface area contributed by atoms with Gasteiger partial charge in [-0.05, 0) is 39.3 Å². The number of aryl methyl sites for hydroxylation is 2. The number of benzene rings is 1. The number of ether oxygens (including phenoxy) is 1. The molecule has 2 aromatic heterocycles. The van der Waals surface area contributed by atoms with E-state index in [0.29, 0.717) is 24.3 Å². The van der Waals surface area contributed by atoms with Gasteiger partial charge in [-0.25, -0.2) is 9.78 Å². The summed E-state index contributed by atoms with van der Waals surface area (Å²) < 4.78 is 7.63. The third kappa shape index (κ3) is 4.32. The summed E-state index contributed by atoms with van der Waals surface area (Å²) in [4.78, 5) is 18.8. The molecule has 1 atom stereocenters. The van der Waals surface area contributed by atoms with Crippen molar-refractivity contribution in [1.29, 1.82) is 0 Å². The fourth-order valence-electron chi connectivity index (χ4n) is 3.17. The second-order valence-corrected chi connectivity index (χ2v) is 6.83. The highest BCUT2D eigenvalue weighted by atomic mass is 16.6. The molecule has 0 fully saturated rings. The fourth-order valence-corrected chi connectivity index (χ4v) is 3.17. The highest BCUT2D eigenvalue weighted by Crippen LogP contribution is 2.32. The number of rotatable bonds is 6. The molecule has 0 aliphatic rings. The van der Waals surface area contributed by atoms with Gasteiger partial charge in [0.15, 0.2) is 11.4 Å². The number of fused-ring (bicyclic) bond motifs is 1. The van der Waals surface area contributed by atoms with Crippen LogP contribution in [0.5, 0.6) is 5.75 Å². The zero-order valence-electron chi connectivity index (χ0n) is 17.3. The summed E-state index contributed by atoms with van der Waals surface area (Å²) in [5, 5.41) is 10.8. The van der Waals surface area contributed by atoms with Crippen LogP contribution in [0.4, 0.5) is 4.79 Å². The summed E-state index contributed by atoms with van der Waals surface area (Å²) >= 11 is 0. The monoisotopic (exact) mass is 393 g/mol. The standard InChI is InChI=1S/C23H27N3O3/c1-5-25(6-2)23(28)29-21-19(14-15-26-17(4)16(3)24-22(21)26)20(27)13-12-18-10-8-7-9-11-18/h7-15,20,27H,5-6H2,1-4H3/b13-12+. The molecule has 0 aliphatic heterocycles. The van der Waals surface area contributed by atoms with Gasteiger partial charge in [0, 0.05) is 30.5 Å². The molecule has 0 aliphatic carbocycles. The molecule has 0 spiro atoms. The Balaban J connectivity index is 2.03. The largest absolute Gasteiger partial charge is 0.415 e. The van der Waals surface area contributed by atoms with Crippen molar-refractivity contribution in [2.24, 2.45) is 0 Å². The summed E-state index contributed by atoms with van der Waals surface area (Å²) in [6.07, 6.45) is 3.96. The minimum absolute atomic E-state index is 0.283. The predicted molar refractivity (Wildman–Crippen MR) is 114 cm³/mol. The van der Waals surface area contributed by atoms with Gasteiger partial charge in [-0.15, -0.1) is 0 Å². The maximum Gasteiger partial charge on any atom is 0.415 e. The lowest BCUT2D eigenvalue weighted by atomic mass is 10.1. The first-order chi connectivity index (χ1) is 14.0. The number of amides is 1. The van der Waals surface area contributed by atoms with Gasteiger partial charge in [0.25, 0.3) is 0 Å². The van der Waals surface area contributed by atoms with E-state index in [4.69, 9.17) is 4.74 Å². The van der Waals surface area contributed by atoms with Crippen molar-refractivity contribution in [1.82, 2.24) is 14.3 Å². The zero-order valence-corrected chi connectivity index (χ0v) is 17.3. The molecule has 2 heterocycles. The average Bonchev–Trinajstić information content (AvgIpc) is 3.02. The van der Waals surface area contributed by atoms with Crippen molar-refractivity contribution in [3.8, 4) is 5.75 Å². The predicted octanol–water partition coefficient (Wildman–Crippen LogP) is 4.54. The lowest BCUT2D eigenvalue weighted by Gasteiger charge is -2.20. The molecule has 6 heteroatoms. The normalized spacial score (nSPS) is 12.4. The van der Waals surface area contributed by atoms with Gasteiger partial charge in [-0.3, -0.25) is 0 Å². The van der Waals surface area contributed by atoms with Gasteiger partial charge >= 0.3 is 6.09 Å². The van der Waals surface area contributed by atoms with Crippen molar-refractivity contribution >= 4 is 17.8 Å². The Kier molecular flexibility index (Phi) is 6.34. The van der Waals surface area contributed by atoms with Crippen LogP contribution in [0.2, 0.25) is 0 Å². The quantitative estimate of drug-likeness (QED) is 0.668. The van der Waals surface area contributed by atoms with Crippen molar-refractivity contribution in [3.05, 3.63) is 71.2 Å². The van der Waals surface area contributed by atoms with Crippen LogP contribution < -0.4 is 4.74 Å². The summed E-state index contributed by atoms with van der Waals surface area (Å²) in [6, 6.07) is 11.5. The number of imidazole rings is 1. The van der Waals surface area contributed by atoms with E-state index in [0.717, 1.165) is 17.0 Å². The minimum Gasteiger partial charge on any atom is -0.406 e. The van der Waals surface area contributed by atoms with Gasteiger partial charge in [0.05, 0.1) is 5.69 Å². The molecule has 0 bridgehead atoms. The van der Waals surface area contributed by atoms with E-state index < -0.39 is 12.2 Å². The summed E-state index contributed by atoms with van der Waals surface area (Å²) in [6.45, 7) is 8.73. The van der Waals surface area contributed by atoms with Crippen molar-refractivity contribution in [2.45, 2.75) is 33.8 Å². The second kappa shape index (κ2) is 8.92. The van der Waals surface area contributed by atoms with Crippen LogP contribution in [0.1, 0.15) is 42.5 Å². The van der Waals surface area contributed by atoms with Crippen LogP contribution >= 0.6 is 0 Å². The molecule has 152 valence electrons. The van der Waals surface area contributed by atoms with Crippen molar-refractivity contribution < 1.29 is 14.6 Å². The van der Waals surface area contributed by atoms with Crippen LogP contribution in [0.25, 0.3) is 11.7 Å². The first-order valence-corrected chi connectivity index (χ1v) is 9.82. The van der Waals surface area contributed by atoms with E-state index in [1.54, 1.807) is 17.0 Å². The third-order valence-electron chi connectivity index (χ3n) is 5.06. The fraction of sp³-hybridized carbons (Fsp3) is 0.304. The molecule has 1 aromatic carbocycles. The summed E-state index contributed by atoms with van der Waals surface area (Å²) in [5.41, 5.74) is 3.79. The lowest BCUT2D eigenvalue weighted by Crippen LogP contribution is -2.33. The summed E-state index contributed by atoms with van der Waals surface area (Å²) in [5.74, 6) is 0.283. The molecule has 3 rings (SSSR count). The first kappa shape index (κ1) is 20.6. The smallest absolute Gasteiger partial charge is 0.406 e. The SMILES string of the molecule is CCN(CC)C(=O)Oc1c(C(O)/C=C/c2ccccc2)ccn2c(C)c(C)nc12. The van der Waals surface area contributed by atoms with Gasteiger partial charge < -0.3 is 19.1 Å². The minimum atomic E-state index is -0.947. The molecule has 1 unspecified atom stereocenters. The Morgan fingerprint density at radius 2 is 1.90 bits per heavy atom.